The van der Waals surface area contributed by atoms with Gasteiger partial charge >= 0.3 is 5.69 Å². The number of ether oxygens (including phenoxy) is 1. The van der Waals surface area contributed by atoms with Crippen LogP contribution in [0, 0.1) is 0 Å². The van der Waals surface area contributed by atoms with Gasteiger partial charge < -0.3 is 4.74 Å². The zero-order valence-electron chi connectivity index (χ0n) is 8.23. The molecule has 0 aliphatic heterocycles. The third-order valence-electron chi connectivity index (χ3n) is 2.11. The predicted molar refractivity (Wildman–Crippen MR) is 54.5 cm³/mol. The highest BCUT2D eigenvalue weighted by Gasteiger charge is 2.16. The van der Waals surface area contributed by atoms with E-state index in [2.05, 4.69) is 15.2 Å². The minimum Gasteiger partial charge on any atom is -0.369 e. The normalized spacial score (nSPS) is 12.6. The summed E-state index contributed by atoms with van der Waals surface area (Å²) in [6, 6.07) is 9.57. The summed E-state index contributed by atoms with van der Waals surface area (Å²) >= 11 is 0. The molecule has 0 fully saturated rings. The fraction of sp³-hybridized carbons (Fsp3) is 0.200. The molecule has 0 bridgehead atoms. The van der Waals surface area contributed by atoms with Crippen LogP contribution in [0.3, 0.4) is 0 Å². The molecule has 1 unspecified atom stereocenters. The summed E-state index contributed by atoms with van der Waals surface area (Å²) in [7, 11) is 1.57. The molecule has 78 valence electrons. The monoisotopic (exact) mass is 205 g/mol. The Morgan fingerprint density at radius 2 is 2.07 bits per heavy atom. The zero-order valence-corrected chi connectivity index (χ0v) is 8.23. The van der Waals surface area contributed by atoms with E-state index >= 15 is 0 Å². The quantitative estimate of drug-likeness (QED) is 0.779. The minimum atomic E-state index is -0.342. The summed E-state index contributed by atoms with van der Waals surface area (Å²) in [4.78, 5) is 13.5. The van der Waals surface area contributed by atoms with Crippen molar-refractivity contribution in [1.29, 1.82) is 0 Å². The Balaban J connectivity index is 2.37. The summed E-state index contributed by atoms with van der Waals surface area (Å²) in [6.45, 7) is 0. The smallest absolute Gasteiger partial charge is 0.340 e. The van der Waals surface area contributed by atoms with Crippen molar-refractivity contribution in [2.45, 2.75) is 6.10 Å². The predicted octanol–water partition coefficient (Wildman–Crippen LogP) is 0.834. The van der Waals surface area contributed by atoms with Crippen LogP contribution in [0.2, 0.25) is 0 Å². The molecular weight excluding hydrogens is 194 g/mol. The Kier molecular flexibility index (Phi) is 2.64. The highest BCUT2D eigenvalue weighted by Crippen LogP contribution is 2.20. The van der Waals surface area contributed by atoms with E-state index in [4.69, 9.17) is 4.74 Å². The first-order valence-electron chi connectivity index (χ1n) is 4.53. The summed E-state index contributed by atoms with van der Waals surface area (Å²) in [5, 5.41) is 6.16. The third-order valence-corrected chi connectivity index (χ3v) is 2.11. The van der Waals surface area contributed by atoms with Gasteiger partial charge in [0.15, 0.2) is 5.82 Å². The van der Waals surface area contributed by atoms with Gasteiger partial charge in [-0.1, -0.05) is 30.3 Å². The van der Waals surface area contributed by atoms with Crippen LogP contribution in [0.25, 0.3) is 0 Å². The van der Waals surface area contributed by atoms with Crippen LogP contribution in [-0.4, -0.2) is 22.3 Å². The molecule has 0 radical (unpaired) electrons. The van der Waals surface area contributed by atoms with Gasteiger partial charge in [-0.2, -0.15) is 5.10 Å². The number of hydrogen-bond donors (Lipinski definition) is 2. The van der Waals surface area contributed by atoms with E-state index in [0.717, 1.165) is 5.56 Å². The van der Waals surface area contributed by atoms with Gasteiger partial charge in [-0.25, -0.2) is 9.89 Å². The molecule has 0 amide bonds. The maximum atomic E-state index is 10.9. The highest BCUT2D eigenvalue weighted by molar-refractivity contribution is 5.22. The average Bonchev–Trinajstić information content (AvgIpc) is 2.68. The van der Waals surface area contributed by atoms with Crippen molar-refractivity contribution in [2.75, 3.05) is 7.11 Å². The number of nitrogens with zero attached hydrogens (tertiary/aromatic N) is 1. The molecule has 1 atom stereocenters. The fourth-order valence-electron chi connectivity index (χ4n) is 1.44. The Morgan fingerprint density at radius 1 is 1.33 bits per heavy atom. The summed E-state index contributed by atoms with van der Waals surface area (Å²) in [6.07, 6.45) is -0.342. The average molecular weight is 205 g/mol. The molecule has 0 aliphatic carbocycles. The molecule has 0 aliphatic rings. The number of aromatic nitrogens is 3. The molecule has 1 aromatic heterocycles. The van der Waals surface area contributed by atoms with E-state index in [1.807, 2.05) is 30.3 Å². The Hall–Kier alpha value is -1.88. The van der Waals surface area contributed by atoms with E-state index in [1.54, 1.807) is 7.11 Å². The lowest BCUT2D eigenvalue weighted by atomic mass is 10.1. The Morgan fingerprint density at radius 3 is 2.60 bits per heavy atom. The number of H-pyrrole nitrogens is 2. The molecule has 0 saturated heterocycles. The molecule has 2 rings (SSSR count). The van der Waals surface area contributed by atoms with Crippen LogP contribution in [0.5, 0.6) is 0 Å². The Labute approximate surface area is 86.1 Å². The minimum absolute atomic E-state index is 0.331. The van der Waals surface area contributed by atoms with Gasteiger partial charge in [0.25, 0.3) is 0 Å². The van der Waals surface area contributed by atoms with Crippen LogP contribution in [0.15, 0.2) is 35.1 Å². The van der Waals surface area contributed by atoms with Crippen molar-refractivity contribution < 1.29 is 4.74 Å². The topological polar surface area (TPSA) is 70.8 Å². The van der Waals surface area contributed by atoms with Crippen molar-refractivity contribution in [1.82, 2.24) is 15.2 Å². The molecule has 2 N–H and O–H groups in total. The molecule has 5 heteroatoms. The first kappa shape index (κ1) is 9.67. The first-order valence-corrected chi connectivity index (χ1v) is 4.53. The lowest BCUT2D eigenvalue weighted by Crippen LogP contribution is -2.07. The van der Waals surface area contributed by atoms with Crippen LogP contribution in [-0.2, 0) is 4.74 Å². The second-order valence-corrected chi connectivity index (χ2v) is 3.09. The van der Waals surface area contributed by atoms with Gasteiger partial charge in [-0.3, -0.25) is 4.98 Å². The van der Waals surface area contributed by atoms with Gasteiger partial charge in [-0.05, 0) is 5.56 Å². The molecule has 0 saturated carbocycles. The van der Waals surface area contributed by atoms with Crippen molar-refractivity contribution in [3.05, 3.63) is 52.2 Å². The van der Waals surface area contributed by atoms with Crippen LogP contribution < -0.4 is 5.69 Å². The fourth-order valence-corrected chi connectivity index (χ4v) is 1.44. The highest BCUT2D eigenvalue weighted by atomic mass is 16.5. The van der Waals surface area contributed by atoms with Gasteiger partial charge in [0.2, 0.25) is 0 Å². The van der Waals surface area contributed by atoms with Crippen LogP contribution in [0.1, 0.15) is 17.5 Å². The zero-order chi connectivity index (χ0) is 10.7. The molecule has 2 aromatic rings. The van der Waals surface area contributed by atoms with Gasteiger partial charge in [0.05, 0.1) is 0 Å². The maximum absolute atomic E-state index is 10.9. The summed E-state index contributed by atoms with van der Waals surface area (Å²) < 4.78 is 5.28. The van der Waals surface area contributed by atoms with Gasteiger partial charge in [0, 0.05) is 7.11 Å². The van der Waals surface area contributed by atoms with E-state index in [-0.39, 0.29) is 11.8 Å². The lowest BCUT2D eigenvalue weighted by Gasteiger charge is -2.11. The number of benzene rings is 1. The molecule has 15 heavy (non-hydrogen) atoms. The van der Waals surface area contributed by atoms with Crippen LogP contribution >= 0.6 is 0 Å². The van der Waals surface area contributed by atoms with E-state index in [9.17, 15) is 4.79 Å². The number of methoxy groups -OCH3 is 1. The molecule has 1 heterocycles. The number of aromatic amines is 2. The van der Waals surface area contributed by atoms with Crippen molar-refractivity contribution in [3.63, 3.8) is 0 Å². The lowest BCUT2D eigenvalue weighted by molar-refractivity contribution is 0.129. The van der Waals surface area contributed by atoms with Crippen LogP contribution in [0.4, 0.5) is 0 Å². The maximum Gasteiger partial charge on any atom is 0.340 e. The second kappa shape index (κ2) is 4.10. The van der Waals surface area contributed by atoms with Gasteiger partial charge in [-0.15, -0.1) is 0 Å². The molecule has 0 spiro atoms. The van der Waals surface area contributed by atoms with E-state index < -0.39 is 0 Å². The summed E-state index contributed by atoms with van der Waals surface area (Å²) in [5.74, 6) is 0.480. The first-order chi connectivity index (χ1) is 7.31. The second-order valence-electron chi connectivity index (χ2n) is 3.09. The Bertz CT molecular complexity index is 475. The van der Waals surface area contributed by atoms with E-state index in [0.29, 0.717) is 5.82 Å². The molecule has 1 aromatic carbocycles. The number of nitrogens with one attached hydrogen (secondary N) is 2. The number of rotatable bonds is 3. The standard InChI is InChI=1S/C10H11N3O2/c1-15-8(7-5-3-2-4-6-7)9-11-10(14)13-12-9/h2-6,8H,1H3,(H2,11,12,13,14). The van der Waals surface area contributed by atoms with Gasteiger partial charge in [0.1, 0.15) is 6.10 Å². The van der Waals surface area contributed by atoms with Crippen molar-refractivity contribution >= 4 is 0 Å². The largest absolute Gasteiger partial charge is 0.369 e. The SMILES string of the molecule is COC(c1ccccc1)c1n[nH]c(=O)[nH]1. The van der Waals surface area contributed by atoms with Crippen molar-refractivity contribution in [2.24, 2.45) is 0 Å². The van der Waals surface area contributed by atoms with Crippen molar-refractivity contribution in [3.8, 4) is 0 Å². The molecule has 5 nitrogen and oxygen atoms in total. The molecular formula is C10H11N3O2. The number of hydrogen-bond acceptors (Lipinski definition) is 3. The summed E-state index contributed by atoms with van der Waals surface area (Å²) in [5.41, 5.74) is 0.616. The third kappa shape index (κ3) is 1.97. The van der Waals surface area contributed by atoms with E-state index in [1.165, 1.54) is 0 Å².